The number of aromatic nitrogens is 3. The number of pyridine rings is 1. The molecule has 5 nitrogen and oxygen atoms in total. The predicted octanol–water partition coefficient (Wildman–Crippen LogP) is 1.15. The van der Waals surface area contributed by atoms with Crippen molar-refractivity contribution in [3.63, 3.8) is 0 Å². The number of aryl methyl sites for hydroxylation is 1. The Morgan fingerprint density at radius 3 is 3.07 bits per heavy atom. The van der Waals surface area contributed by atoms with Crippen LogP contribution < -0.4 is 0 Å². The Balaban J connectivity index is 2.80. The zero-order valence-corrected chi connectivity index (χ0v) is 7.64. The van der Waals surface area contributed by atoms with Crippen LogP contribution in [0.15, 0.2) is 18.3 Å². The number of carboxylic acid groups (broad SMARTS) is 1. The largest absolute Gasteiger partial charge is 0.476 e. The molecule has 2 aromatic rings. The van der Waals surface area contributed by atoms with Crippen LogP contribution in [-0.4, -0.2) is 25.8 Å². The molecule has 0 atom stereocenters. The lowest BCUT2D eigenvalue weighted by atomic mass is 10.3. The maximum Gasteiger partial charge on any atom is 0.357 e. The zero-order valence-electron chi connectivity index (χ0n) is 7.64. The Morgan fingerprint density at radius 2 is 2.43 bits per heavy atom. The molecule has 0 bridgehead atoms. The van der Waals surface area contributed by atoms with Gasteiger partial charge in [0.1, 0.15) is 0 Å². The number of carboxylic acids is 1. The molecule has 1 N–H and O–H groups in total. The van der Waals surface area contributed by atoms with E-state index in [-0.39, 0.29) is 5.69 Å². The third-order valence-electron chi connectivity index (χ3n) is 2.01. The Labute approximate surface area is 80.0 Å². The second kappa shape index (κ2) is 3.10. The molecule has 72 valence electrons. The Bertz CT molecular complexity index is 490. The first kappa shape index (κ1) is 8.68. The van der Waals surface area contributed by atoms with Gasteiger partial charge in [-0.15, -0.1) is 0 Å². The number of hydrogen-bond donors (Lipinski definition) is 1. The molecular weight excluding hydrogens is 182 g/mol. The van der Waals surface area contributed by atoms with Crippen molar-refractivity contribution in [1.29, 1.82) is 0 Å². The lowest BCUT2D eigenvalue weighted by molar-refractivity contribution is 0.0691. The third kappa shape index (κ3) is 1.14. The molecule has 14 heavy (non-hydrogen) atoms. The van der Waals surface area contributed by atoms with Crippen molar-refractivity contribution in [3.05, 3.63) is 24.0 Å². The van der Waals surface area contributed by atoms with E-state index in [1.807, 2.05) is 6.92 Å². The Morgan fingerprint density at radius 1 is 1.64 bits per heavy atom. The highest BCUT2D eigenvalue weighted by atomic mass is 16.4. The fraction of sp³-hybridized carbons (Fsp3) is 0.222. The summed E-state index contributed by atoms with van der Waals surface area (Å²) in [5.74, 6) is -1.02. The average molecular weight is 191 g/mol. The molecule has 0 fully saturated rings. The van der Waals surface area contributed by atoms with Crippen LogP contribution in [0.1, 0.15) is 17.4 Å². The number of aromatic carboxylic acids is 1. The van der Waals surface area contributed by atoms with E-state index in [0.717, 1.165) is 0 Å². The van der Waals surface area contributed by atoms with Gasteiger partial charge in [0.05, 0.1) is 5.39 Å². The van der Waals surface area contributed by atoms with Gasteiger partial charge in [-0.05, 0) is 19.1 Å². The third-order valence-corrected chi connectivity index (χ3v) is 2.01. The fourth-order valence-corrected chi connectivity index (χ4v) is 1.39. The first-order chi connectivity index (χ1) is 6.74. The molecule has 0 aliphatic carbocycles. The van der Waals surface area contributed by atoms with Gasteiger partial charge >= 0.3 is 5.97 Å². The average Bonchev–Trinajstić information content (AvgIpc) is 2.56. The fourth-order valence-electron chi connectivity index (χ4n) is 1.39. The van der Waals surface area contributed by atoms with Crippen LogP contribution in [0.5, 0.6) is 0 Å². The molecule has 0 radical (unpaired) electrons. The maximum absolute atomic E-state index is 10.8. The summed E-state index contributed by atoms with van der Waals surface area (Å²) in [6, 6.07) is 3.42. The second-order valence-electron chi connectivity index (χ2n) is 2.84. The van der Waals surface area contributed by atoms with E-state index in [1.54, 1.807) is 23.0 Å². The Hall–Kier alpha value is -1.91. The molecule has 2 heterocycles. The monoisotopic (exact) mass is 191 g/mol. The molecule has 0 aliphatic heterocycles. The van der Waals surface area contributed by atoms with Gasteiger partial charge in [-0.1, -0.05) is 0 Å². The van der Waals surface area contributed by atoms with Crippen LogP contribution in [0.2, 0.25) is 0 Å². The number of carbonyl (C=O) groups is 1. The van der Waals surface area contributed by atoms with E-state index in [9.17, 15) is 4.79 Å². The molecule has 0 aliphatic rings. The molecule has 0 amide bonds. The smallest absolute Gasteiger partial charge is 0.357 e. The van der Waals surface area contributed by atoms with E-state index in [2.05, 4.69) is 10.1 Å². The first-order valence-corrected chi connectivity index (χ1v) is 4.29. The summed E-state index contributed by atoms with van der Waals surface area (Å²) in [6.07, 6.45) is 1.63. The van der Waals surface area contributed by atoms with E-state index >= 15 is 0 Å². The summed E-state index contributed by atoms with van der Waals surface area (Å²) in [5, 5.41) is 13.4. The van der Waals surface area contributed by atoms with Gasteiger partial charge in [-0.25, -0.2) is 14.5 Å². The van der Waals surface area contributed by atoms with Crippen LogP contribution >= 0.6 is 0 Å². The maximum atomic E-state index is 10.8. The minimum atomic E-state index is -1.02. The van der Waals surface area contributed by atoms with Crippen LogP contribution in [0, 0.1) is 0 Å². The van der Waals surface area contributed by atoms with Gasteiger partial charge in [0, 0.05) is 12.7 Å². The quantitative estimate of drug-likeness (QED) is 0.773. The molecular formula is C9H9N3O2. The van der Waals surface area contributed by atoms with Crippen molar-refractivity contribution in [2.24, 2.45) is 0 Å². The molecule has 5 heteroatoms. The van der Waals surface area contributed by atoms with Gasteiger partial charge in [0.25, 0.3) is 0 Å². The van der Waals surface area contributed by atoms with Crippen LogP contribution in [0.25, 0.3) is 11.0 Å². The second-order valence-corrected chi connectivity index (χ2v) is 2.84. The lowest BCUT2D eigenvalue weighted by Crippen LogP contribution is -2.01. The summed E-state index contributed by atoms with van der Waals surface area (Å²) in [6.45, 7) is 2.51. The van der Waals surface area contributed by atoms with Crippen molar-refractivity contribution in [2.75, 3.05) is 0 Å². The molecule has 0 aromatic carbocycles. The van der Waals surface area contributed by atoms with E-state index in [1.165, 1.54) is 0 Å². The summed E-state index contributed by atoms with van der Waals surface area (Å²) < 4.78 is 1.58. The molecule has 2 rings (SSSR count). The van der Waals surface area contributed by atoms with Gasteiger partial charge in [-0.2, -0.15) is 5.10 Å². The van der Waals surface area contributed by atoms with Gasteiger partial charge < -0.3 is 5.11 Å². The van der Waals surface area contributed by atoms with Crippen LogP contribution in [-0.2, 0) is 6.54 Å². The number of nitrogens with zero attached hydrogens (tertiary/aromatic N) is 3. The van der Waals surface area contributed by atoms with Gasteiger partial charge in [0.2, 0.25) is 0 Å². The van der Waals surface area contributed by atoms with E-state index < -0.39 is 5.97 Å². The van der Waals surface area contributed by atoms with Crippen molar-refractivity contribution >= 4 is 17.0 Å². The highest BCUT2D eigenvalue weighted by Gasteiger charge is 2.15. The summed E-state index contributed by atoms with van der Waals surface area (Å²) >= 11 is 0. The highest BCUT2D eigenvalue weighted by Crippen LogP contribution is 2.15. The SMILES string of the molecule is CCn1nc(C(=O)O)c2cccnc21. The predicted molar refractivity (Wildman–Crippen MR) is 50.2 cm³/mol. The summed E-state index contributed by atoms with van der Waals surface area (Å²) in [4.78, 5) is 14.9. The number of rotatable bonds is 2. The molecule has 2 aromatic heterocycles. The topological polar surface area (TPSA) is 68.0 Å². The molecule has 0 saturated carbocycles. The van der Waals surface area contributed by atoms with Crippen LogP contribution in [0.3, 0.4) is 0 Å². The van der Waals surface area contributed by atoms with Gasteiger partial charge in [-0.3, -0.25) is 0 Å². The summed E-state index contributed by atoms with van der Waals surface area (Å²) in [5.41, 5.74) is 0.683. The van der Waals surface area contributed by atoms with E-state index in [4.69, 9.17) is 5.11 Å². The summed E-state index contributed by atoms with van der Waals surface area (Å²) in [7, 11) is 0. The minimum absolute atomic E-state index is 0.0648. The van der Waals surface area contributed by atoms with Crippen molar-refractivity contribution < 1.29 is 9.90 Å². The normalized spacial score (nSPS) is 10.6. The highest BCUT2D eigenvalue weighted by molar-refractivity contribution is 5.99. The standard InChI is InChI=1S/C9H9N3O2/c1-2-12-8-6(4-3-5-10-8)7(11-12)9(13)14/h3-5H,2H2,1H3,(H,13,14). The van der Waals surface area contributed by atoms with E-state index in [0.29, 0.717) is 17.6 Å². The number of fused-ring (bicyclic) bond motifs is 1. The van der Waals surface area contributed by atoms with Crippen molar-refractivity contribution in [2.45, 2.75) is 13.5 Å². The molecule has 0 saturated heterocycles. The van der Waals surface area contributed by atoms with Crippen molar-refractivity contribution in [3.8, 4) is 0 Å². The number of hydrogen-bond acceptors (Lipinski definition) is 3. The van der Waals surface area contributed by atoms with Crippen molar-refractivity contribution in [1.82, 2.24) is 14.8 Å². The van der Waals surface area contributed by atoms with Gasteiger partial charge in [0.15, 0.2) is 11.3 Å². The minimum Gasteiger partial charge on any atom is -0.476 e. The van der Waals surface area contributed by atoms with Crippen LogP contribution in [0.4, 0.5) is 0 Å². The first-order valence-electron chi connectivity index (χ1n) is 4.29. The Kier molecular flexibility index (Phi) is 1.92. The molecule has 0 unspecified atom stereocenters. The lowest BCUT2D eigenvalue weighted by Gasteiger charge is -1.94. The molecule has 0 spiro atoms. The zero-order chi connectivity index (χ0) is 10.1.